The van der Waals surface area contributed by atoms with Crippen molar-refractivity contribution in [1.29, 1.82) is 0 Å². The minimum Gasteiger partial charge on any atom is -0.494 e. The second kappa shape index (κ2) is 9.32. The summed E-state index contributed by atoms with van der Waals surface area (Å²) in [6, 6.07) is 12.6. The van der Waals surface area contributed by atoms with Crippen LogP contribution in [0.5, 0.6) is 5.75 Å². The number of nitrogens with zero attached hydrogens (tertiary/aromatic N) is 3. The predicted molar refractivity (Wildman–Crippen MR) is 113 cm³/mol. The Balaban J connectivity index is 1.69. The van der Waals surface area contributed by atoms with Crippen molar-refractivity contribution in [1.82, 2.24) is 14.8 Å². The van der Waals surface area contributed by atoms with Crippen LogP contribution in [-0.4, -0.2) is 33.0 Å². The first-order chi connectivity index (χ1) is 13.5. The maximum Gasteiger partial charge on any atom is 0.234 e. The summed E-state index contributed by atoms with van der Waals surface area (Å²) in [4.78, 5) is 12.3. The van der Waals surface area contributed by atoms with Crippen LogP contribution >= 0.6 is 35.0 Å². The van der Waals surface area contributed by atoms with Crippen molar-refractivity contribution in [2.75, 3.05) is 17.7 Å². The summed E-state index contributed by atoms with van der Waals surface area (Å²) in [5, 5.41) is 12.6. The van der Waals surface area contributed by atoms with E-state index < -0.39 is 0 Å². The molecule has 146 valence electrons. The minimum atomic E-state index is -0.201. The van der Waals surface area contributed by atoms with E-state index in [0.29, 0.717) is 27.5 Å². The van der Waals surface area contributed by atoms with Crippen LogP contribution < -0.4 is 10.1 Å². The molecule has 0 bridgehead atoms. The molecule has 0 radical (unpaired) electrons. The Labute approximate surface area is 177 Å². The van der Waals surface area contributed by atoms with Gasteiger partial charge in [-0.2, -0.15) is 0 Å². The normalized spacial score (nSPS) is 10.7. The number of nitrogens with one attached hydrogen (secondary N) is 1. The highest BCUT2D eigenvalue weighted by Crippen LogP contribution is 2.27. The third kappa shape index (κ3) is 4.98. The molecule has 3 aromatic rings. The van der Waals surface area contributed by atoms with Crippen LogP contribution in [0.15, 0.2) is 47.6 Å². The molecule has 1 heterocycles. The molecule has 28 heavy (non-hydrogen) atoms. The number of hydrogen-bond acceptors (Lipinski definition) is 5. The van der Waals surface area contributed by atoms with Crippen LogP contribution in [0.3, 0.4) is 0 Å². The van der Waals surface area contributed by atoms with Crippen molar-refractivity contribution in [3.05, 3.63) is 58.3 Å². The van der Waals surface area contributed by atoms with Gasteiger partial charge in [0.2, 0.25) is 5.91 Å². The number of benzene rings is 2. The molecule has 1 N–H and O–H groups in total. The fourth-order valence-electron chi connectivity index (χ4n) is 2.50. The molecule has 0 saturated carbocycles. The molecular weight excluding hydrogens is 419 g/mol. The van der Waals surface area contributed by atoms with Gasteiger partial charge in [0.1, 0.15) is 11.6 Å². The number of hydrogen-bond donors (Lipinski definition) is 1. The van der Waals surface area contributed by atoms with Crippen LogP contribution in [0.4, 0.5) is 5.69 Å². The Morgan fingerprint density at radius 1 is 1.18 bits per heavy atom. The number of aryl methyl sites for hydroxylation is 1. The van der Waals surface area contributed by atoms with Gasteiger partial charge in [0.05, 0.1) is 23.1 Å². The van der Waals surface area contributed by atoms with Gasteiger partial charge in [-0.15, -0.1) is 10.2 Å². The number of halogens is 2. The molecule has 1 aromatic heterocycles. The summed E-state index contributed by atoms with van der Waals surface area (Å²) >= 11 is 13.3. The van der Waals surface area contributed by atoms with Gasteiger partial charge in [0.25, 0.3) is 0 Å². The van der Waals surface area contributed by atoms with E-state index in [1.54, 1.807) is 18.2 Å². The zero-order chi connectivity index (χ0) is 20.1. The summed E-state index contributed by atoms with van der Waals surface area (Å²) in [7, 11) is 0. The highest BCUT2D eigenvalue weighted by molar-refractivity contribution is 7.99. The molecule has 6 nitrogen and oxygen atoms in total. The second-order valence-corrected chi connectivity index (χ2v) is 7.54. The van der Waals surface area contributed by atoms with Crippen molar-refractivity contribution in [2.24, 2.45) is 0 Å². The highest BCUT2D eigenvalue weighted by Gasteiger charge is 2.14. The third-order valence-corrected chi connectivity index (χ3v) is 5.22. The maximum atomic E-state index is 12.3. The first-order valence-corrected chi connectivity index (χ1v) is 10.2. The molecule has 0 aliphatic heterocycles. The number of aromatic nitrogens is 3. The van der Waals surface area contributed by atoms with E-state index in [9.17, 15) is 4.79 Å². The molecule has 0 aliphatic carbocycles. The van der Waals surface area contributed by atoms with E-state index in [1.807, 2.05) is 42.7 Å². The second-order valence-electron chi connectivity index (χ2n) is 5.75. The summed E-state index contributed by atoms with van der Waals surface area (Å²) in [5.74, 6) is 1.49. The molecule has 0 aliphatic rings. The van der Waals surface area contributed by atoms with E-state index >= 15 is 0 Å². The summed E-state index contributed by atoms with van der Waals surface area (Å²) in [6.07, 6.45) is 0. The maximum absolute atomic E-state index is 12.3. The van der Waals surface area contributed by atoms with E-state index in [2.05, 4.69) is 15.5 Å². The molecule has 3 rings (SSSR count). The van der Waals surface area contributed by atoms with Crippen molar-refractivity contribution in [2.45, 2.75) is 19.0 Å². The van der Waals surface area contributed by atoms with Crippen LogP contribution in [0.2, 0.25) is 10.0 Å². The van der Waals surface area contributed by atoms with Gasteiger partial charge in [-0.3, -0.25) is 9.36 Å². The van der Waals surface area contributed by atoms with Crippen LogP contribution in [0.1, 0.15) is 12.7 Å². The highest BCUT2D eigenvalue weighted by atomic mass is 35.5. The summed E-state index contributed by atoms with van der Waals surface area (Å²) < 4.78 is 7.37. The zero-order valence-corrected chi connectivity index (χ0v) is 17.6. The van der Waals surface area contributed by atoms with Gasteiger partial charge in [-0.25, -0.2) is 0 Å². The molecule has 1 amide bonds. The Morgan fingerprint density at radius 3 is 2.61 bits per heavy atom. The number of amides is 1. The summed E-state index contributed by atoms with van der Waals surface area (Å²) in [5.41, 5.74) is 1.41. The van der Waals surface area contributed by atoms with E-state index in [-0.39, 0.29) is 11.7 Å². The monoisotopic (exact) mass is 436 g/mol. The average Bonchev–Trinajstić information content (AvgIpc) is 3.04. The molecule has 0 unspecified atom stereocenters. The van der Waals surface area contributed by atoms with E-state index in [0.717, 1.165) is 17.3 Å². The van der Waals surface area contributed by atoms with Gasteiger partial charge < -0.3 is 10.1 Å². The predicted octanol–water partition coefficient (Wildman–Crippen LogP) is 5.01. The lowest BCUT2D eigenvalue weighted by molar-refractivity contribution is -0.113. The van der Waals surface area contributed by atoms with E-state index in [1.165, 1.54) is 11.8 Å². The van der Waals surface area contributed by atoms with Crippen molar-refractivity contribution in [3.8, 4) is 11.4 Å². The van der Waals surface area contributed by atoms with Crippen LogP contribution in [0, 0.1) is 6.92 Å². The first kappa shape index (κ1) is 20.5. The number of carbonyl (C=O) groups excluding carboxylic acids is 1. The number of rotatable bonds is 7. The van der Waals surface area contributed by atoms with Gasteiger partial charge in [0, 0.05) is 10.7 Å². The van der Waals surface area contributed by atoms with E-state index in [4.69, 9.17) is 27.9 Å². The number of carbonyl (C=O) groups is 1. The molecule has 2 aromatic carbocycles. The summed E-state index contributed by atoms with van der Waals surface area (Å²) in [6.45, 7) is 4.41. The SMILES string of the molecule is CCOc1ccc(-n2c(C)nnc2SCC(=O)Nc2ccc(Cl)cc2Cl)cc1. The quantitative estimate of drug-likeness (QED) is 0.526. The van der Waals surface area contributed by atoms with Crippen molar-refractivity contribution >= 4 is 46.6 Å². The number of thioether (sulfide) groups is 1. The average molecular weight is 437 g/mol. The molecule has 9 heteroatoms. The fraction of sp³-hybridized carbons (Fsp3) is 0.211. The molecule has 0 saturated heterocycles. The van der Waals surface area contributed by atoms with Gasteiger partial charge in [-0.05, 0) is 56.3 Å². The lowest BCUT2D eigenvalue weighted by Gasteiger charge is -2.10. The Morgan fingerprint density at radius 2 is 1.93 bits per heavy atom. The lowest BCUT2D eigenvalue weighted by Crippen LogP contribution is -2.15. The smallest absolute Gasteiger partial charge is 0.234 e. The Kier molecular flexibility index (Phi) is 6.83. The third-order valence-electron chi connectivity index (χ3n) is 3.74. The Hall–Kier alpha value is -2.22. The first-order valence-electron chi connectivity index (χ1n) is 8.51. The zero-order valence-electron chi connectivity index (χ0n) is 15.3. The Bertz CT molecular complexity index is 977. The topological polar surface area (TPSA) is 69.0 Å². The van der Waals surface area contributed by atoms with Gasteiger partial charge in [-0.1, -0.05) is 35.0 Å². The minimum absolute atomic E-state index is 0.161. The van der Waals surface area contributed by atoms with Crippen molar-refractivity contribution < 1.29 is 9.53 Å². The standard InChI is InChI=1S/C19H18Cl2N4O2S/c1-3-27-15-7-5-14(6-8-15)25-12(2)23-24-19(25)28-11-18(26)22-17-9-4-13(20)10-16(17)21/h4-10H,3,11H2,1-2H3,(H,22,26). The van der Waals surface area contributed by atoms with Crippen LogP contribution in [-0.2, 0) is 4.79 Å². The molecular formula is C19H18Cl2N4O2S. The van der Waals surface area contributed by atoms with Crippen molar-refractivity contribution in [3.63, 3.8) is 0 Å². The number of ether oxygens (including phenoxy) is 1. The number of anilines is 1. The molecule has 0 fully saturated rings. The molecule has 0 spiro atoms. The van der Waals surface area contributed by atoms with Gasteiger partial charge >= 0.3 is 0 Å². The van der Waals surface area contributed by atoms with Crippen LogP contribution in [0.25, 0.3) is 5.69 Å². The lowest BCUT2D eigenvalue weighted by atomic mass is 10.3. The largest absolute Gasteiger partial charge is 0.494 e. The molecule has 0 atom stereocenters. The van der Waals surface area contributed by atoms with Gasteiger partial charge in [0.15, 0.2) is 5.16 Å². The fourth-order valence-corrected chi connectivity index (χ4v) is 3.75.